The van der Waals surface area contributed by atoms with Crippen molar-refractivity contribution >= 4 is 103 Å². The van der Waals surface area contributed by atoms with Gasteiger partial charge in [-0.2, -0.15) is 0 Å². The van der Waals surface area contributed by atoms with Gasteiger partial charge in [-0.25, -0.2) is 0 Å². The Bertz CT molecular complexity index is 3460. The number of rotatable bonds is 5. The molecule has 0 aliphatic heterocycles. The molecule has 0 saturated carbocycles. The minimum Gasteiger partial charge on any atom is -0.456 e. The molecule has 0 N–H and O–H groups in total. The van der Waals surface area contributed by atoms with Crippen LogP contribution < -0.4 is 4.90 Å². The van der Waals surface area contributed by atoms with E-state index in [1.807, 2.05) is 11.3 Å². The van der Waals surface area contributed by atoms with E-state index < -0.39 is 0 Å². The van der Waals surface area contributed by atoms with Crippen molar-refractivity contribution in [3.63, 3.8) is 0 Å². The van der Waals surface area contributed by atoms with Crippen molar-refractivity contribution in [2.24, 2.45) is 0 Å². The lowest BCUT2D eigenvalue weighted by atomic mass is 9.98. The van der Waals surface area contributed by atoms with Gasteiger partial charge in [0.15, 0.2) is 5.58 Å². The highest BCUT2D eigenvalue weighted by Crippen LogP contribution is 2.47. The van der Waals surface area contributed by atoms with Gasteiger partial charge in [-0.3, -0.25) is 0 Å². The predicted octanol–water partition coefficient (Wildman–Crippen LogP) is 15.8. The Morgan fingerprint density at radius 1 is 0.375 bits per heavy atom. The van der Waals surface area contributed by atoms with E-state index in [0.717, 1.165) is 77.5 Å². The summed E-state index contributed by atoms with van der Waals surface area (Å²) < 4.78 is 16.0. The predicted molar refractivity (Wildman–Crippen MR) is 237 cm³/mol. The molecule has 0 amide bonds. The highest BCUT2D eigenvalue weighted by molar-refractivity contribution is 7.26. The van der Waals surface area contributed by atoms with Crippen LogP contribution in [0.3, 0.4) is 0 Å². The van der Waals surface area contributed by atoms with Crippen LogP contribution in [0.15, 0.2) is 197 Å². The summed E-state index contributed by atoms with van der Waals surface area (Å²) in [6.45, 7) is 0. The van der Waals surface area contributed by atoms with Crippen molar-refractivity contribution in [3.8, 4) is 22.3 Å². The summed E-state index contributed by atoms with van der Waals surface area (Å²) in [5, 5.41) is 9.38. The fourth-order valence-electron chi connectivity index (χ4n) is 8.66. The molecule has 0 saturated heterocycles. The van der Waals surface area contributed by atoms with E-state index in [-0.39, 0.29) is 0 Å². The van der Waals surface area contributed by atoms with Gasteiger partial charge >= 0.3 is 0 Å². The third-order valence-corrected chi connectivity index (χ3v) is 12.5. The molecule has 56 heavy (non-hydrogen) atoms. The van der Waals surface area contributed by atoms with Crippen LogP contribution in [0.4, 0.5) is 17.1 Å². The van der Waals surface area contributed by atoms with Crippen molar-refractivity contribution < 1.29 is 8.83 Å². The zero-order valence-electron chi connectivity index (χ0n) is 30.1. The van der Waals surface area contributed by atoms with Crippen LogP contribution in [0.25, 0.3) is 97.1 Å². The molecule has 0 spiro atoms. The van der Waals surface area contributed by atoms with Gasteiger partial charge in [0.25, 0.3) is 0 Å². The number of fused-ring (bicyclic) bond motifs is 12. The number of benzene rings is 9. The number of thiophene rings is 1. The second-order valence-corrected chi connectivity index (χ2v) is 15.5. The topological polar surface area (TPSA) is 29.5 Å². The molecule has 3 aromatic heterocycles. The Balaban J connectivity index is 1.04. The van der Waals surface area contributed by atoms with Gasteiger partial charge < -0.3 is 13.7 Å². The fraction of sp³-hybridized carbons (Fsp3) is 0. The average molecular weight is 734 g/mol. The number of furan rings is 2. The highest BCUT2D eigenvalue weighted by atomic mass is 32.1. The molecule has 0 unspecified atom stereocenters. The number of anilines is 3. The zero-order valence-corrected chi connectivity index (χ0v) is 30.9. The second kappa shape index (κ2) is 12.2. The van der Waals surface area contributed by atoms with E-state index in [4.69, 9.17) is 8.83 Å². The quantitative estimate of drug-likeness (QED) is 0.176. The monoisotopic (exact) mass is 733 g/mol. The van der Waals surface area contributed by atoms with Gasteiger partial charge in [0.1, 0.15) is 16.7 Å². The standard InChI is InChI=1S/C52H31NO2S/c1-2-10-32(11-3-1)33-20-25-36(26-21-33)53(44-17-8-16-41-42-29-24-34-12-4-5-13-39(34)50(42)55-51(41)44)37-27-22-35(23-28-37)38-15-9-18-45-48(38)49-46(54-45)31-30-43-40-14-6-7-19-47(40)56-52(43)49/h1-31H. The summed E-state index contributed by atoms with van der Waals surface area (Å²) in [6.07, 6.45) is 0. The average Bonchev–Trinajstić information content (AvgIpc) is 3.96. The van der Waals surface area contributed by atoms with E-state index in [1.54, 1.807) is 0 Å². The molecule has 0 radical (unpaired) electrons. The van der Waals surface area contributed by atoms with Gasteiger partial charge in [0.2, 0.25) is 0 Å². The minimum atomic E-state index is 0.858. The number of hydrogen-bond acceptors (Lipinski definition) is 4. The largest absolute Gasteiger partial charge is 0.456 e. The van der Waals surface area contributed by atoms with Crippen molar-refractivity contribution in [2.75, 3.05) is 4.90 Å². The Kier molecular flexibility index (Phi) is 6.80. The molecule has 12 rings (SSSR count). The van der Waals surface area contributed by atoms with E-state index >= 15 is 0 Å². The molecule has 3 heterocycles. The summed E-state index contributed by atoms with van der Waals surface area (Å²) in [4.78, 5) is 2.32. The first-order valence-corrected chi connectivity index (χ1v) is 19.7. The van der Waals surface area contributed by atoms with Crippen LogP contribution in [-0.4, -0.2) is 0 Å². The Morgan fingerprint density at radius 2 is 1.02 bits per heavy atom. The van der Waals surface area contributed by atoms with Crippen LogP contribution in [-0.2, 0) is 0 Å². The molecule has 0 aliphatic rings. The highest BCUT2D eigenvalue weighted by Gasteiger charge is 2.22. The number of nitrogens with zero attached hydrogens (tertiary/aromatic N) is 1. The fourth-order valence-corrected chi connectivity index (χ4v) is 9.91. The SMILES string of the molecule is c1ccc(-c2ccc(N(c3ccc(-c4cccc5oc6ccc7c8ccccc8sc7c6c45)cc3)c3cccc4c3oc3c5ccccc5ccc43)cc2)cc1. The van der Waals surface area contributed by atoms with E-state index in [2.05, 4.69) is 193 Å². The van der Waals surface area contributed by atoms with Gasteiger partial charge in [0.05, 0.1) is 5.69 Å². The molecular weight excluding hydrogens is 703 g/mol. The van der Waals surface area contributed by atoms with Crippen LogP contribution in [0.1, 0.15) is 0 Å². The smallest absolute Gasteiger partial charge is 0.159 e. The third-order valence-electron chi connectivity index (χ3n) is 11.3. The van der Waals surface area contributed by atoms with Gasteiger partial charge in [-0.1, -0.05) is 127 Å². The summed E-state index contributed by atoms with van der Waals surface area (Å²) in [6, 6.07) is 67.0. The summed E-state index contributed by atoms with van der Waals surface area (Å²) >= 11 is 1.84. The zero-order chi connectivity index (χ0) is 36.7. The molecule has 0 aliphatic carbocycles. The van der Waals surface area contributed by atoms with Crippen LogP contribution in [0.2, 0.25) is 0 Å². The molecule has 4 heteroatoms. The molecule has 0 bridgehead atoms. The normalized spacial score (nSPS) is 11.9. The lowest BCUT2D eigenvalue weighted by molar-refractivity contribution is 0.669. The first-order valence-electron chi connectivity index (χ1n) is 18.9. The van der Waals surface area contributed by atoms with Gasteiger partial charge in [-0.05, 0) is 88.3 Å². The summed E-state index contributed by atoms with van der Waals surface area (Å²) in [5.41, 5.74) is 11.3. The maximum absolute atomic E-state index is 6.89. The first kappa shape index (κ1) is 31.2. The van der Waals surface area contributed by atoms with Crippen molar-refractivity contribution in [2.45, 2.75) is 0 Å². The maximum atomic E-state index is 6.89. The molecule has 12 aromatic rings. The summed E-state index contributed by atoms with van der Waals surface area (Å²) in [7, 11) is 0. The Morgan fingerprint density at radius 3 is 1.86 bits per heavy atom. The molecule has 3 nitrogen and oxygen atoms in total. The second-order valence-electron chi connectivity index (χ2n) is 14.4. The van der Waals surface area contributed by atoms with Crippen LogP contribution in [0.5, 0.6) is 0 Å². The van der Waals surface area contributed by atoms with Gasteiger partial charge in [0, 0.05) is 58.5 Å². The van der Waals surface area contributed by atoms with E-state index in [9.17, 15) is 0 Å². The van der Waals surface area contributed by atoms with Crippen LogP contribution in [0, 0.1) is 0 Å². The van der Waals surface area contributed by atoms with E-state index in [1.165, 1.54) is 36.7 Å². The molecule has 0 fully saturated rings. The molecule has 9 aromatic carbocycles. The Labute approximate surface area is 325 Å². The van der Waals surface area contributed by atoms with Crippen molar-refractivity contribution in [1.82, 2.24) is 0 Å². The number of hydrogen-bond donors (Lipinski definition) is 0. The minimum absolute atomic E-state index is 0.858. The number of para-hydroxylation sites is 1. The van der Waals surface area contributed by atoms with Gasteiger partial charge in [-0.15, -0.1) is 11.3 Å². The summed E-state index contributed by atoms with van der Waals surface area (Å²) in [5.74, 6) is 0. The van der Waals surface area contributed by atoms with Crippen molar-refractivity contribution in [3.05, 3.63) is 188 Å². The molecule has 0 atom stereocenters. The van der Waals surface area contributed by atoms with Crippen molar-refractivity contribution in [1.29, 1.82) is 0 Å². The maximum Gasteiger partial charge on any atom is 0.159 e. The third kappa shape index (κ3) is 4.70. The molecule has 262 valence electrons. The molecular formula is C52H31NO2S. The lowest BCUT2D eigenvalue weighted by Crippen LogP contribution is -2.10. The lowest BCUT2D eigenvalue weighted by Gasteiger charge is -2.26. The van der Waals surface area contributed by atoms with E-state index in [0.29, 0.717) is 0 Å². The van der Waals surface area contributed by atoms with Crippen LogP contribution >= 0.6 is 11.3 Å². The Hall–Kier alpha value is -7.14. The first-order chi connectivity index (χ1) is 27.8.